The van der Waals surface area contributed by atoms with Gasteiger partial charge >= 0.3 is 0 Å². The molecule has 0 bridgehead atoms. The molecule has 6 nitrogen and oxygen atoms in total. The van der Waals surface area contributed by atoms with E-state index in [0.717, 1.165) is 10.6 Å². The first kappa shape index (κ1) is 20.4. The molecule has 0 radical (unpaired) electrons. The second kappa shape index (κ2) is 9.77. The van der Waals surface area contributed by atoms with Gasteiger partial charge in [-0.15, -0.1) is 21.5 Å². The fraction of sp³-hybridized carbons (Fsp3) is 0.350. The SMILES string of the molecule is COCCN(Cc1nnc(-c2cccs2)o1)C(=S)Nc1ccc(C(C)C)cc1. The minimum Gasteiger partial charge on any atom is -0.418 e. The van der Waals surface area contributed by atoms with Crippen LogP contribution in [0.15, 0.2) is 46.2 Å². The predicted octanol–water partition coefficient (Wildman–Crippen LogP) is 4.77. The molecular formula is C20H24N4O2S2. The maximum atomic E-state index is 5.80. The lowest BCUT2D eigenvalue weighted by Gasteiger charge is -2.24. The minimum atomic E-state index is 0.414. The van der Waals surface area contributed by atoms with E-state index in [1.165, 1.54) is 5.56 Å². The van der Waals surface area contributed by atoms with Crippen molar-refractivity contribution in [3.63, 3.8) is 0 Å². The molecule has 0 saturated carbocycles. The third kappa shape index (κ3) is 5.37. The van der Waals surface area contributed by atoms with Crippen molar-refractivity contribution in [2.24, 2.45) is 0 Å². The zero-order valence-electron chi connectivity index (χ0n) is 16.2. The number of thiocarbonyl (C=S) groups is 1. The Bertz CT molecular complexity index is 876. The number of aromatic nitrogens is 2. The minimum absolute atomic E-state index is 0.414. The monoisotopic (exact) mass is 416 g/mol. The molecule has 0 aliphatic carbocycles. The molecule has 0 amide bonds. The molecule has 0 unspecified atom stereocenters. The first-order valence-corrected chi connectivity index (χ1v) is 10.4. The van der Waals surface area contributed by atoms with E-state index in [1.54, 1.807) is 18.4 Å². The standard InChI is InChI=1S/C20H24N4O2S2/c1-14(2)15-6-8-16(9-7-15)21-20(27)24(10-11-25-3)13-18-22-23-19(26-18)17-5-4-12-28-17/h4-9,12,14H,10-11,13H2,1-3H3,(H,21,27). The zero-order chi connectivity index (χ0) is 19.9. The number of thiophene rings is 1. The number of hydrogen-bond donors (Lipinski definition) is 1. The number of rotatable bonds is 8. The summed E-state index contributed by atoms with van der Waals surface area (Å²) in [4.78, 5) is 2.91. The molecule has 0 aliphatic rings. The van der Waals surface area contributed by atoms with Gasteiger partial charge in [-0.25, -0.2) is 0 Å². The Balaban J connectivity index is 1.67. The van der Waals surface area contributed by atoms with Crippen LogP contribution in [0.25, 0.3) is 10.8 Å². The van der Waals surface area contributed by atoms with Gasteiger partial charge in [0.1, 0.15) is 0 Å². The molecule has 8 heteroatoms. The fourth-order valence-corrected chi connectivity index (χ4v) is 3.51. The van der Waals surface area contributed by atoms with Crippen LogP contribution in [0.1, 0.15) is 31.2 Å². The van der Waals surface area contributed by atoms with Gasteiger partial charge in [0.05, 0.1) is 18.0 Å². The largest absolute Gasteiger partial charge is 0.418 e. The van der Waals surface area contributed by atoms with Crippen LogP contribution in [0.2, 0.25) is 0 Å². The van der Waals surface area contributed by atoms with Gasteiger partial charge in [0.25, 0.3) is 5.89 Å². The highest BCUT2D eigenvalue weighted by Crippen LogP contribution is 2.23. The van der Waals surface area contributed by atoms with Crippen LogP contribution in [0.5, 0.6) is 0 Å². The Kier molecular flexibility index (Phi) is 7.13. The molecule has 1 N–H and O–H groups in total. The van der Waals surface area contributed by atoms with Gasteiger partial charge in [-0.2, -0.15) is 0 Å². The zero-order valence-corrected chi connectivity index (χ0v) is 17.8. The molecule has 2 heterocycles. The molecule has 0 spiro atoms. The van der Waals surface area contributed by atoms with Crippen molar-refractivity contribution in [3.05, 3.63) is 53.2 Å². The maximum absolute atomic E-state index is 5.80. The molecular weight excluding hydrogens is 392 g/mol. The van der Waals surface area contributed by atoms with Crippen molar-refractivity contribution >= 4 is 34.4 Å². The normalized spacial score (nSPS) is 11.0. The smallest absolute Gasteiger partial charge is 0.257 e. The van der Waals surface area contributed by atoms with Crippen LogP contribution in [0.4, 0.5) is 5.69 Å². The van der Waals surface area contributed by atoms with Gasteiger partial charge in [0.2, 0.25) is 5.89 Å². The van der Waals surface area contributed by atoms with Crippen molar-refractivity contribution in [2.45, 2.75) is 26.3 Å². The van der Waals surface area contributed by atoms with E-state index >= 15 is 0 Å². The maximum Gasteiger partial charge on any atom is 0.257 e. The first-order chi connectivity index (χ1) is 13.6. The van der Waals surface area contributed by atoms with Gasteiger partial charge in [-0.05, 0) is 47.3 Å². The second-order valence-electron chi connectivity index (χ2n) is 6.60. The Morgan fingerprint density at radius 3 is 2.68 bits per heavy atom. The summed E-state index contributed by atoms with van der Waals surface area (Å²) in [6.07, 6.45) is 0. The molecule has 0 aliphatic heterocycles. The van der Waals surface area contributed by atoms with E-state index < -0.39 is 0 Å². The topological polar surface area (TPSA) is 63.4 Å². The summed E-state index contributed by atoms with van der Waals surface area (Å²) in [6.45, 7) is 5.92. The van der Waals surface area contributed by atoms with Crippen molar-refractivity contribution in [1.29, 1.82) is 0 Å². The average molecular weight is 417 g/mol. The summed E-state index contributed by atoms with van der Waals surface area (Å²) >= 11 is 7.18. The number of nitrogens with zero attached hydrogens (tertiary/aromatic N) is 3. The highest BCUT2D eigenvalue weighted by molar-refractivity contribution is 7.80. The summed E-state index contributed by atoms with van der Waals surface area (Å²) in [7, 11) is 1.67. The van der Waals surface area contributed by atoms with E-state index in [0.29, 0.717) is 42.5 Å². The molecule has 3 aromatic rings. The fourth-order valence-electron chi connectivity index (χ4n) is 2.59. The van der Waals surface area contributed by atoms with E-state index in [-0.39, 0.29) is 0 Å². The highest BCUT2D eigenvalue weighted by atomic mass is 32.1. The van der Waals surface area contributed by atoms with E-state index in [4.69, 9.17) is 21.4 Å². The van der Waals surface area contributed by atoms with Crippen molar-refractivity contribution in [3.8, 4) is 10.8 Å². The van der Waals surface area contributed by atoms with Gasteiger partial charge in [0, 0.05) is 19.3 Å². The lowest BCUT2D eigenvalue weighted by atomic mass is 10.0. The van der Waals surface area contributed by atoms with Crippen LogP contribution < -0.4 is 5.32 Å². The first-order valence-electron chi connectivity index (χ1n) is 9.08. The van der Waals surface area contributed by atoms with Crippen LogP contribution >= 0.6 is 23.6 Å². The summed E-state index contributed by atoms with van der Waals surface area (Å²) in [5.41, 5.74) is 2.24. The summed E-state index contributed by atoms with van der Waals surface area (Å²) < 4.78 is 11.0. The van der Waals surface area contributed by atoms with Crippen LogP contribution in [0, 0.1) is 0 Å². The average Bonchev–Trinajstić information content (AvgIpc) is 3.37. The number of benzene rings is 1. The van der Waals surface area contributed by atoms with Gasteiger partial charge < -0.3 is 19.4 Å². The van der Waals surface area contributed by atoms with Gasteiger partial charge in [-0.1, -0.05) is 32.0 Å². The number of methoxy groups -OCH3 is 1. The second-order valence-corrected chi connectivity index (χ2v) is 7.93. The van der Waals surface area contributed by atoms with Crippen LogP contribution in [-0.2, 0) is 11.3 Å². The number of ether oxygens (including phenoxy) is 1. The predicted molar refractivity (Wildman–Crippen MR) is 117 cm³/mol. The molecule has 0 atom stereocenters. The Labute approximate surface area is 174 Å². The van der Waals surface area contributed by atoms with Crippen molar-refractivity contribution < 1.29 is 9.15 Å². The molecule has 3 rings (SSSR count). The quantitative estimate of drug-likeness (QED) is 0.531. The summed E-state index contributed by atoms with van der Waals surface area (Å²) in [5.74, 6) is 1.54. The molecule has 1 aromatic carbocycles. The van der Waals surface area contributed by atoms with E-state index in [2.05, 4.69) is 41.5 Å². The van der Waals surface area contributed by atoms with Crippen LogP contribution in [-0.4, -0.2) is 40.5 Å². The molecule has 2 aromatic heterocycles. The molecule has 0 fully saturated rings. The number of nitrogens with one attached hydrogen (secondary N) is 1. The summed E-state index contributed by atoms with van der Waals surface area (Å²) in [5, 5.41) is 14.1. The van der Waals surface area contributed by atoms with Crippen LogP contribution in [0.3, 0.4) is 0 Å². The van der Waals surface area contributed by atoms with E-state index in [1.807, 2.05) is 34.5 Å². The van der Waals surface area contributed by atoms with Gasteiger partial charge in [-0.3, -0.25) is 0 Å². The van der Waals surface area contributed by atoms with E-state index in [9.17, 15) is 0 Å². The Morgan fingerprint density at radius 1 is 1.25 bits per heavy atom. The van der Waals surface area contributed by atoms with Crippen molar-refractivity contribution in [2.75, 3.05) is 25.6 Å². The Morgan fingerprint density at radius 2 is 2.04 bits per heavy atom. The Hall–Kier alpha value is -2.29. The lowest BCUT2D eigenvalue weighted by molar-refractivity contribution is 0.172. The number of anilines is 1. The molecule has 28 heavy (non-hydrogen) atoms. The summed E-state index contributed by atoms with van der Waals surface area (Å²) in [6, 6.07) is 12.2. The number of hydrogen-bond acceptors (Lipinski definition) is 6. The lowest BCUT2D eigenvalue weighted by Crippen LogP contribution is -2.36. The third-order valence-electron chi connectivity index (χ3n) is 4.21. The van der Waals surface area contributed by atoms with Gasteiger partial charge in [0.15, 0.2) is 5.11 Å². The highest BCUT2D eigenvalue weighted by Gasteiger charge is 2.16. The molecule has 0 saturated heterocycles. The van der Waals surface area contributed by atoms with Crippen molar-refractivity contribution in [1.82, 2.24) is 15.1 Å². The third-order valence-corrected chi connectivity index (χ3v) is 5.42. The molecule has 148 valence electrons.